The Kier molecular flexibility index (Phi) is 8.23. The Morgan fingerprint density at radius 3 is 1.53 bits per heavy atom. The highest BCUT2D eigenvalue weighted by molar-refractivity contribution is 7.53. The fourth-order valence-corrected chi connectivity index (χ4v) is 1.51. The summed E-state index contributed by atoms with van der Waals surface area (Å²) in [7, 11) is -1.48. The van der Waals surface area contributed by atoms with Gasteiger partial charge in [-0.05, 0) is 12.1 Å². The highest BCUT2D eigenvalue weighted by Gasteiger charge is 2.15. The van der Waals surface area contributed by atoms with Gasteiger partial charge < -0.3 is 18.1 Å². The molecule has 0 amide bonds. The molecule has 0 saturated heterocycles. The van der Waals surface area contributed by atoms with Gasteiger partial charge in [0.15, 0.2) is 0 Å². The monoisotopic (exact) mass is 310 g/mol. The van der Waals surface area contributed by atoms with Gasteiger partial charge >= 0.3 is 15.2 Å². The van der Waals surface area contributed by atoms with Crippen LogP contribution in [-0.2, 0) is 22.7 Å². The molecular weight excluding hydrogens is 290 g/mol. The van der Waals surface area contributed by atoms with Crippen LogP contribution in [0.15, 0.2) is 30.3 Å². The molecule has 0 aliphatic carbocycles. The van der Waals surface area contributed by atoms with E-state index in [-0.39, 0.29) is 0 Å². The minimum absolute atomic E-state index is 0.560. The van der Waals surface area contributed by atoms with Crippen molar-refractivity contribution in [3.8, 4) is 5.75 Å². The van der Waals surface area contributed by atoms with Crippen LogP contribution in [0.1, 0.15) is 0 Å². The zero-order valence-electron chi connectivity index (χ0n) is 11.7. The molecule has 19 heavy (non-hydrogen) atoms. The Bertz CT molecular complexity index is 440. The van der Waals surface area contributed by atoms with Crippen molar-refractivity contribution >= 4 is 15.2 Å². The van der Waals surface area contributed by atoms with Gasteiger partial charge in [0, 0.05) is 34.7 Å². The van der Waals surface area contributed by atoms with Crippen molar-refractivity contribution in [3.05, 3.63) is 30.3 Å². The summed E-state index contributed by atoms with van der Waals surface area (Å²) in [6.45, 7) is 2.84. The molecule has 0 aliphatic rings. The third-order valence-corrected chi connectivity index (χ3v) is 4.54. The predicted octanol–water partition coefficient (Wildman–Crippen LogP) is 3.64. The zero-order valence-corrected chi connectivity index (χ0v) is 13.5. The van der Waals surface area contributed by atoms with E-state index in [1.54, 1.807) is 12.1 Å². The lowest BCUT2D eigenvalue weighted by molar-refractivity contribution is 0.282. The second kappa shape index (κ2) is 8.51. The minimum Gasteiger partial charge on any atom is -0.425 e. The second-order valence-corrected chi connectivity index (χ2v) is 7.86. The Morgan fingerprint density at radius 1 is 0.789 bits per heavy atom. The molecule has 0 radical (unpaired) electrons. The number of para-hydroxylation sites is 1. The maximum absolute atomic E-state index is 11.3. The molecule has 0 saturated carbocycles. The number of rotatable bonds is 5. The molecule has 1 aromatic carbocycles. The summed E-state index contributed by atoms with van der Waals surface area (Å²) < 4.78 is 40.4. The molecule has 0 aliphatic heterocycles. The maximum atomic E-state index is 11.3. The number of benzene rings is 1. The zero-order chi connectivity index (χ0) is 14.9. The first-order valence-corrected chi connectivity index (χ1v) is 9.31. The van der Waals surface area contributed by atoms with Crippen LogP contribution in [0, 0.1) is 0 Å². The molecule has 110 valence electrons. The van der Waals surface area contributed by atoms with Gasteiger partial charge in [-0.15, -0.1) is 0 Å². The summed E-state index contributed by atoms with van der Waals surface area (Å²) in [5.41, 5.74) is 0. The molecule has 6 nitrogen and oxygen atoms in total. The van der Waals surface area contributed by atoms with Crippen molar-refractivity contribution in [2.45, 2.75) is 0 Å². The van der Waals surface area contributed by atoms with Gasteiger partial charge in [-0.25, -0.2) is 4.57 Å². The van der Waals surface area contributed by atoms with Crippen molar-refractivity contribution < 1.29 is 27.2 Å². The van der Waals surface area contributed by atoms with E-state index in [4.69, 9.17) is 4.52 Å². The average molecular weight is 310 g/mol. The molecule has 0 fully saturated rings. The summed E-state index contributed by atoms with van der Waals surface area (Å²) in [5, 5.41) is 0. The van der Waals surface area contributed by atoms with Gasteiger partial charge in [-0.1, -0.05) is 18.2 Å². The van der Waals surface area contributed by atoms with Crippen LogP contribution in [0.25, 0.3) is 0 Å². The van der Waals surface area contributed by atoms with E-state index in [1.807, 2.05) is 18.2 Å². The Balaban J connectivity index is 0.000000399. The van der Waals surface area contributed by atoms with Crippen LogP contribution in [-0.4, -0.2) is 34.7 Å². The summed E-state index contributed by atoms with van der Waals surface area (Å²) in [6, 6.07) is 8.95. The third kappa shape index (κ3) is 8.98. The SMILES string of the molecule is COP(C)(=O)OC.COP(C)(=O)Oc1ccccc1. The maximum Gasteiger partial charge on any atom is 0.375 e. The van der Waals surface area contributed by atoms with Crippen LogP contribution >= 0.6 is 15.2 Å². The predicted molar refractivity (Wildman–Crippen MR) is 75.2 cm³/mol. The van der Waals surface area contributed by atoms with E-state index in [1.165, 1.54) is 34.7 Å². The second-order valence-electron chi connectivity index (χ2n) is 3.49. The third-order valence-electron chi connectivity index (χ3n) is 2.01. The normalized spacial score (nSPS) is 13.9. The Morgan fingerprint density at radius 2 is 1.21 bits per heavy atom. The van der Waals surface area contributed by atoms with Gasteiger partial charge in [0.05, 0.1) is 0 Å². The minimum atomic E-state index is -2.90. The van der Waals surface area contributed by atoms with Crippen LogP contribution in [0.3, 0.4) is 0 Å². The Labute approximate surface area is 114 Å². The van der Waals surface area contributed by atoms with Crippen molar-refractivity contribution in [3.63, 3.8) is 0 Å². The molecule has 1 unspecified atom stereocenters. The molecule has 0 N–H and O–H groups in total. The van der Waals surface area contributed by atoms with Crippen LogP contribution in [0.4, 0.5) is 0 Å². The first-order valence-electron chi connectivity index (χ1n) is 5.33. The lowest BCUT2D eigenvalue weighted by Crippen LogP contribution is -1.92. The lowest BCUT2D eigenvalue weighted by atomic mass is 10.3. The van der Waals surface area contributed by atoms with E-state index in [0.717, 1.165) is 0 Å². The number of hydrogen-bond donors (Lipinski definition) is 0. The fraction of sp³-hybridized carbons (Fsp3) is 0.455. The number of hydrogen-bond acceptors (Lipinski definition) is 6. The molecule has 8 heteroatoms. The topological polar surface area (TPSA) is 71.1 Å². The van der Waals surface area contributed by atoms with Gasteiger partial charge in [-0.2, -0.15) is 0 Å². The average Bonchev–Trinajstić information content (AvgIpc) is 2.40. The van der Waals surface area contributed by atoms with E-state index in [0.29, 0.717) is 5.75 Å². The summed E-state index contributed by atoms with van der Waals surface area (Å²) in [5.74, 6) is 0.560. The lowest BCUT2D eigenvalue weighted by Gasteiger charge is -2.11. The molecular formula is C11H20O6P2. The first kappa shape index (κ1) is 18.4. The quantitative estimate of drug-likeness (QED) is 0.773. The van der Waals surface area contributed by atoms with Crippen LogP contribution in [0.5, 0.6) is 5.75 Å². The van der Waals surface area contributed by atoms with Crippen molar-refractivity contribution in [2.24, 2.45) is 0 Å². The largest absolute Gasteiger partial charge is 0.425 e. The van der Waals surface area contributed by atoms with E-state index in [2.05, 4.69) is 13.6 Å². The molecule has 0 bridgehead atoms. The highest BCUT2D eigenvalue weighted by atomic mass is 31.2. The van der Waals surface area contributed by atoms with Crippen LogP contribution in [0.2, 0.25) is 0 Å². The van der Waals surface area contributed by atoms with Gasteiger partial charge in [0.1, 0.15) is 5.75 Å². The summed E-state index contributed by atoms with van der Waals surface area (Å²) in [4.78, 5) is 0. The highest BCUT2D eigenvalue weighted by Crippen LogP contribution is 2.43. The molecule has 1 rings (SSSR count). The molecule has 0 aromatic heterocycles. The van der Waals surface area contributed by atoms with Gasteiger partial charge in [0.25, 0.3) is 0 Å². The molecule has 1 aromatic rings. The van der Waals surface area contributed by atoms with E-state index < -0.39 is 15.2 Å². The van der Waals surface area contributed by atoms with E-state index in [9.17, 15) is 9.13 Å². The first-order chi connectivity index (χ1) is 8.76. The standard InChI is InChI=1S/C8H11O3P.C3H9O3P/c1-10-12(2,9)11-8-6-4-3-5-7-8;1-5-7(3,4)6-2/h3-7H,1-2H3;1-3H3. The summed E-state index contributed by atoms with van der Waals surface area (Å²) >= 11 is 0. The fourth-order valence-electron chi connectivity index (χ4n) is 0.785. The van der Waals surface area contributed by atoms with Crippen LogP contribution < -0.4 is 4.52 Å². The summed E-state index contributed by atoms with van der Waals surface area (Å²) in [6.07, 6.45) is 0. The van der Waals surface area contributed by atoms with Crippen molar-refractivity contribution in [1.29, 1.82) is 0 Å². The molecule has 1 atom stereocenters. The smallest absolute Gasteiger partial charge is 0.375 e. The van der Waals surface area contributed by atoms with Crippen molar-refractivity contribution in [2.75, 3.05) is 34.7 Å². The van der Waals surface area contributed by atoms with Gasteiger partial charge in [-0.3, -0.25) is 4.57 Å². The van der Waals surface area contributed by atoms with Gasteiger partial charge in [0.2, 0.25) is 0 Å². The van der Waals surface area contributed by atoms with Crippen molar-refractivity contribution in [1.82, 2.24) is 0 Å². The molecule has 0 heterocycles. The molecule has 0 spiro atoms. The van der Waals surface area contributed by atoms with E-state index >= 15 is 0 Å². The Hall–Kier alpha value is -0.640.